The molecule has 0 bridgehead atoms. The lowest BCUT2D eigenvalue weighted by molar-refractivity contribution is -0.123. The van der Waals surface area contributed by atoms with Gasteiger partial charge in [-0.3, -0.25) is 9.59 Å². The lowest BCUT2D eigenvalue weighted by atomic mass is 10.2. The number of carbonyl (C=O) groups excluding carboxylic acids is 2. The van der Waals surface area contributed by atoms with E-state index in [-0.39, 0.29) is 6.42 Å². The van der Waals surface area contributed by atoms with Gasteiger partial charge < -0.3 is 15.4 Å². The second-order valence-electron chi connectivity index (χ2n) is 6.26. The molecule has 0 spiro atoms. The fourth-order valence-electron chi connectivity index (χ4n) is 2.60. The zero-order chi connectivity index (χ0) is 20.5. The normalized spacial score (nSPS) is 9.90. The minimum Gasteiger partial charge on any atom is -0.489 e. The first-order valence-electron chi connectivity index (χ1n) is 8.99. The summed E-state index contributed by atoms with van der Waals surface area (Å²) in [6.45, 7) is 0.458. The first-order valence-corrected chi connectivity index (χ1v) is 8.99. The first-order chi connectivity index (χ1) is 14.1. The van der Waals surface area contributed by atoms with Crippen LogP contribution in [-0.4, -0.2) is 11.8 Å². The Morgan fingerprint density at radius 2 is 1.52 bits per heavy atom. The van der Waals surface area contributed by atoms with Crippen LogP contribution in [0.15, 0.2) is 78.9 Å². The highest BCUT2D eigenvalue weighted by Gasteiger charge is 2.10. The second-order valence-corrected chi connectivity index (χ2v) is 6.26. The topological polar surface area (TPSA) is 91.2 Å². The maximum Gasteiger partial charge on any atom is 0.233 e. The molecule has 6 heteroatoms. The Morgan fingerprint density at radius 1 is 0.828 bits per heavy atom. The van der Waals surface area contributed by atoms with Crippen LogP contribution < -0.4 is 15.4 Å². The van der Waals surface area contributed by atoms with E-state index in [4.69, 9.17) is 10.00 Å². The molecule has 0 heterocycles. The predicted octanol–water partition coefficient (Wildman–Crippen LogP) is 4.10. The number of nitrogens with zero attached hydrogens (tertiary/aromatic N) is 1. The molecule has 0 unspecified atom stereocenters. The quantitative estimate of drug-likeness (QED) is 0.599. The Labute approximate surface area is 168 Å². The summed E-state index contributed by atoms with van der Waals surface area (Å²) in [5.41, 5.74) is 2.54. The maximum atomic E-state index is 12.1. The van der Waals surface area contributed by atoms with Gasteiger partial charge in [-0.2, -0.15) is 5.26 Å². The smallest absolute Gasteiger partial charge is 0.233 e. The van der Waals surface area contributed by atoms with E-state index in [9.17, 15) is 9.59 Å². The minimum absolute atomic E-state index is 0.330. The molecule has 6 nitrogen and oxygen atoms in total. The Morgan fingerprint density at radius 3 is 2.21 bits per heavy atom. The van der Waals surface area contributed by atoms with Gasteiger partial charge in [-0.15, -0.1) is 0 Å². The molecule has 0 fully saturated rings. The van der Waals surface area contributed by atoms with E-state index in [2.05, 4.69) is 10.6 Å². The van der Waals surface area contributed by atoms with Crippen LogP contribution in [0.5, 0.6) is 5.75 Å². The number of carbonyl (C=O) groups is 2. The van der Waals surface area contributed by atoms with E-state index in [0.29, 0.717) is 29.3 Å². The van der Waals surface area contributed by atoms with Gasteiger partial charge in [0.05, 0.1) is 11.6 Å². The molecule has 3 aromatic rings. The lowest BCUT2D eigenvalue weighted by Gasteiger charge is -2.09. The summed E-state index contributed by atoms with van der Waals surface area (Å²) in [4.78, 5) is 24.1. The van der Waals surface area contributed by atoms with Gasteiger partial charge in [0.2, 0.25) is 11.8 Å². The van der Waals surface area contributed by atoms with Crippen LogP contribution in [0.3, 0.4) is 0 Å². The van der Waals surface area contributed by atoms with Gasteiger partial charge in [0, 0.05) is 11.4 Å². The van der Waals surface area contributed by atoms with Crippen LogP contribution in [0.2, 0.25) is 0 Å². The first kappa shape index (κ1) is 19.6. The third kappa shape index (κ3) is 6.22. The third-order valence-electron chi connectivity index (χ3n) is 3.98. The summed E-state index contributed by atoms with van der Waals surface area (Å²) in [5.74, 6) is -0.209. The van der Waals surface area contributed by atoms with Crippen molar-refractivity contribution in [2.75, 3.05) is 10.6 Å². The molecule has 0 radical (unpaired) electrons. The number of rotatable bonds is 7. The van der Waals surface area contributed by atoms with Gasteiger partial charge >= 0.3 is 0 Å². The molecule has 144 valence electrons. The molecule has 0 aliphatic heterocycles. The summed E-state index contributed by atoms with van der Waals surface area (Å²) in [6, 6.07) is 25.3. The number of amides is 2. The van der Waals surface area contributed by atoms with Crippen LogP contribution in [0.25, 0.3) is 0 Å². The van der Waals surface area contributed by atoms with Crippen LogP contribution >= 0.6 is 0 Å². The van der Waals surface area contributed by atoms with Crippen molar-refractivity contribution < 1.29 is 14.3 Å². The molecule has 0 aliphatic rings. The Bertz CT molecular complexity index is 1030. The second kappa shape index (κ2) is 9.72. The average Bonchev–Trinajstić information content (AvgIpc) is 2.74. The summed E-state index contributed by atoms with van der Waals surface area (Å²) >= 11 is 0. The van der Waals surface area contributed by atoms with Crippen molar-refractivity contribution >= 4 is 23.2 Å². The Hall–Kier alpha value is -4.11. The van der Waals surface area contributed by atoms with Gasteiger partial charge in [0.15, 0.2) is 0 Å². The summed E-state index contributed by atoms with van der Waals surface area (Å²) in [6.07, 6.45) is -0.330. The fraction of sp³-hybridized carbons (Fsp3) is 0.0870. The van der Waals surface area contributed by atoms with Crippen molar-refractivity contribution in [3.05, 3.63) is 90.0 Å². The van der Waals surface area contributed by atoms with Gasteiger partial charge in [-0.05, 0) is 48.0 Å². The number of hydrogen-bond donors (Lipinski definition) is 2. The highest BCUT2D eigenvalue weighted by atomic mass is 16.5. The van der Waals surface area contributed by atoms with E-state index in [0.717, 1.165) is 5.56 Å². The summed E-state index contributed by atoms with van der Waals surface area (Å²) in [5, 5.41) is 14.2. The largest absolute Gasteiger partial charge is 0.489 e. The fourth-order valence-corrected chi connectivity index (χ4v) is 2.60. The molecule has 0 atom stereocenters. The van der Waals surface area contributed by atoms with Crippen molar-refractivity contribution in [1.29, 1.82) is 5.26 Å². The molecule has 0 aliphatic carbocycles. The molecular weight excluding hydrogens is 366 g/mol. The van der Waals surface area contributed by atoms with E-state index in [1.807, 2.05) is 36.4 Å². The summed E-state index contributed by atoms with van der Waals surface area (Å²) < 4.78 is 5.70. The number of anilines is 2. The van der Waals surface area contributed by atoms with Gasteiger partial charge in [0.25, 0.3) is 0 Å². The molecular formula is C23H19N3O3. The van der Waals surface area contributed by atoms with E-state index < -0.39 is 11.8 Å². The molecule has 2 amide bonds. The third-order valence-corrected chi connectivity index (χ3v) is 3.98. The average molecular weight is 385 g/mol. The Kier molecular flexibility index (Phi) is 6.58. The molecule has 2 N–H and O–H groups in total. The van der Waals surface area contributed by atoms with E-state index in [1.54, 1.807) is 48.5 Å². The van der Waals surface area contributed by atoms with Crippen LogP contribution in [0, 0.1) is 11.3 Å². The number of ether oxygens (including phenoxy) is 1. The molecule has 3 aromatic carbocycles. The zero-order valence-electron chi connectivity index (χ0n) is 15.6. The van der Waals surface area contributed by atoms with Crippen molar-refractivity contribution in [1.82, 2.24) is 0 Å². The molecule has 0 saturated carbocycles. The van der Waals surface area contributed by atoms with Crippen LogP contribution in [0.4, 0.5) is 11.4 Å². The number of nitrogens with one attached hydrogen (secondary N) is 2. The van der Waals surface area contributed by atoms with Crippen molar-refractivity contribution in [3.63, 3.8) is 0 Å². The van der Waals surface area contributed by atoms with Crippen molar-refractivity contribution in [2.24, 2.45) is 0 Å². The summed E-state index contributed by atoms with van der Waals surface area (Å²) in [7, 11) is 0. The van der Waals surface area contributed by atoms with E-state index >= 15 is 0 Å². The zero-order valence-corrected chi connectivity index (χ0v) is 15.6. The molecule has 0 saturated heterocycles. The van der Waals surface area contributed by atoms with Crippen molar-refractivity contribution in [2.45, 2.75) is 13.0 Å². The van der Waals surface area contributed by atoms with E-state index in [1.165, 1.54) is 0 Å². The van der Waals surface area contributed by atoms with Crippen LogP contribution in [0.1, 0.15) is 17.5 Å². The van der Waals surface area contributed by atoms with Gasteiger partial charge in [-0.1, -0.05) is 36.4 Å². The monoisotopic (exact) mass is 385 g/mol. The Balaban J connectivity index is 1.47. The predicted molar refractivity (Wildman–Crippen MR) is 110 cm³/mol. The highest BCUT2D eigenvalue weighted by Crippen LogP contribution is 2.17. The minimum atomic E-state index is -0.458. The van der Waals surface area contributed by atoms with Gasteiger partial charge in [-0.25, -0.2) is 0 Å². The molecule has 3 rings (SSSR count). The number of hydrogen-bond acceptors (Lipinski definition) is 4. The van der Waals surface area contributed by atoms with Crippen LogP contribution in [-0.2, 0) is 16.2 Å². The highest BCUT2D eigenvalue weighted by molar-refractivity contribution is 6.08. The van der Waals surface area contributed by atoms with Crippen molar-refractivity contribution in [3.8, 4) is 11.8 Å². The maximum absolute atomic E-state index is 12.1. The number of benzene rings is 3. The lowest BCUT2D eigenvalue weighted by Crippen LogP contribution is -2.21. The number of nitriles is 1. The molecule has 29 heavy (non-hydrogen) atoms. The molecule has 0 aromatic heterocycles. The SMILES string of the molecule is N#Cc1cccc(NC(=O)CC(=O)Nc2ccc(OCc3ccccc3)cc2)c1. The standard InChI is InChI=1S/C23H19N3O3/c24-15-18-7-4-8-20(13-18)26-23(28)14-22(27)25-19-9-11-21(12-10-19)29-16-17-5-2-1-3-6-17/h1-13H,14,16H2,(H,25,27)(H,26,28). The van der Waals surface area contributed by atoms with Gasteiger partial charge in [0.1, 0.15) is 18.8 Å².